The lowest BCUT2D eigenvalue weighted by molar-refractivity contribution is 0.474. The van der Waals surface area contributed by atoms with E-state index in [2.05, 4.69) is 0 Å². The van der Waals surface area contributed by atoms with Crippen molar-refractivity contribution in [1.29, 1.82) is 0 Å². The number of benzene rings is 2. The van der Waals surface area contributed by atoms with Crippen molar-refractivity contribution in [2.45, 2.75) is 0 Å². The molecule has 0 aliphatic heterocycles. The van der Waals surface area contributed by atoms with Crippen molar-refractivity contribution in [1.82, 2.24) is 0 Å². The fourth-order valence-electron chi connectivity index (χ4n) is 1.90. The topological polar surface area (TPSA) is 54.8 Å². The molecule has 0 unspecified atom stereocenters. The summed E-state index contributed by atoms with van der Waals surface area (Å²) >= 11 is 0. The molecule has 88 valence electrons. The molecular weight excluding hydrogens is 228 g/mol. The van der Waals surface area contributed by atoms with Gasteiger partial charge >= 0.3 is 5.43 Å². The summed E-state index contributed by atoms with van der Waals surface area (Å²) in [7, 11) is 0. The third-order valence-corrected chi connectivity index (χ3v) is 2.79. The average molecular weight is 239 g/mol. The molecule has 2 N–H and O–H groups in total. The van der Waals surface area contributed by atoms with Gasteiger partial charge in [0.05, 0.1) is 6.07 Å². The van der Waals surface area contributed by atoms with Gasteiger partial charge in [-0.1, -0.05) is 30.3 Å². The van der Waals surface area contributed by atoms with E-state index < -0.39 is 0 Å². The first-order valence-corrected chi connectivity index (χ1v) is 5.58. The molecule has 0 aliphatic rings. The second-order valence-electron chi connectivity index (χ2n) is 4.04. The summed E-state index contributed by atoms with van der Waals surface area (Å²) in [4.78, 5) is 9.96. The quantitative estimate of drug-likeness (QED) is 0.664. The van der Waals surface area contributed by atoms with Crippen LogP contribution in [0, 0.1) is 0 Å². The lowest BCUT2D eigenvalue weighted by Gasteiger charge is -2.01. The Labute approximate surface area is 103 Å². The van der Waals surface area contributed by atoms with Crippen LogP contribution in [-0.4, -0.2) is 9.90 Å². The maximum Gasteiger partial charge on any atom is 0.354 e. The molecule has 0 fully saturated rings. The Morgan fingerprint density at radius 1 is 0.944 bits per heavy atom. The van der Waals surface area contributed by atoms with E-state index in [1.54, 1.807) is 12.1 Å². The molecule has 3 aromatic rings. The van der Waals surface area contributed by atoms with Gasteiger partial charge in [0.15, 0.2) is 0 Å². The maximum absolute atomic E-state index is 9.96. The first kappa shape index (κ1) is 10.6. The van der Waals surface area contributed by atoms with Gasteiger partial charge in [-0.25, -0.2) is 0 Å². The van der Waals surface area contributed by atoms with Crippen LogP contribution < -0.4 is 5.43 Å². The van der Waals surface area contributed by atoms with Gasteiger partial charge in [-0.3, -0.25) is 4.79 Å². The fraction of sp³-hybridized carbons (Fsp3) is 0. The number of fused-ring (bicyclic) bond motifs is 1. The number of hydrogen-bond acceptors (Lipinski definition) is 2. The highest BCUT2D eigenvalue weighted by Gasteiger charge is 2.10. The van der Waals surface area contributed by atoms with Crippen LogP contribution in [-0.2, 0) is 0 Å². The molecule has 0 aliphatic carbocycles. The zero-order valence-corrected chi connectivity index (χ0v) is 9.50. The van der Waals surface area contributed by atoms with E-state index in [9.17, 15) is 9.90 Å². The Morgan fingerprint density at radius 2 is 1.72 bits per heavy atom. The van der Waals surface area contributed by atoms with Crippen molar-refractivity contribution in [3.05, 3.63) is 60.0 Å². The summed E-state index contributed by atoms with van der Waals surface area (Å²) < 4.78 is 5.69. The molecule has 0 amide bonds. The molecule has 0 radical (unpaired) electrons. The molecule has 1 aromatic heterocycles. The Hall–Kier alpha value is -2.55. The van der Waals surface area contributed by atoms with E-state index in [0.717, 1.165) is 5.56 Å². The largest absolute Gasteiger partial charge is 0.508 e. The number of phenols is 1. The molecule has 3 nitrogen and oxygen atoms in total. The van der Waals surface area contributed by atoms with Gasteiger partial charge in [-0.2, -0.15) is 0 Å². The Bertz CT molecular complexity index is 758. The Kier molecular flexibility index (Phi) is 2.38. The van der Waals surface area contributed by atoms with E-state index in [-0.39, 0.29) is 11.2 Å². The summed E-state index contributed by atoms with van der Waals surface area (Å²) in [5.74, 6) is 0.669. The van der Waals surface area contributed by atoms with E-state index in [4.69, 9.17) is 4.42 Å². The smallest absolute Gasteiger partial charge is 0.354 e. The highest BCUT2D eigenvalue weighted by Crippen LogP contribution is 2.23. The average Bonchev–Trinajstić information content (AvgIpc) is 2.39. The van der Waals surface area contributed by atoms with Crippen molar-refractivity contribution in [3.8, 4) is 17.1 Å². The highest BCUT2D eigenvalue weighted by molar-refractivity contribution is 5.79. The van der Waals surface area contributed by atoms with Crippen LogP contribution in [0.1, 0.15) is 0 Å². The highest BCUT2D eigenvalue weighted by atomic mass is 16.3. The summed E-state index contributed by atoms with van der Waals surface area (Å²) in [6, 6.07) is 15.7. The van der Waals surface area contributed by atoms with Gasteiger partial charge < -0.3 is 9.52 Å². The van der Waals surface area contributed by atoms with Crippen molar-refractivity contribution in [2.75, 3.05) is 0 Å². The predicted molar refractivity (Wildman–Crippen MR) is 68.4 cm³/mol. The van der Waals surface area contributed by atoms with Gasteiger partial charge in [0.2, 0.25) is 0 Å². The molecule has 2 aromatic carbocycles. The number of aromatic hydroxyl groups is 1. The number of phenolic OH excluding ortho intramolecular Hbond substituents is 1. The van der Waals surface area contributed by atoms with Crippen LogP contribution in [0.3, 0.4) is 0 Å². The van der Waals surface area contributed by atoms with Gasteiger partial charge in [0.1, 0.15) is 22.5 Å². The summed E-state index contributed by atoms with van der Waals surface area (Å²) in [6.45, 7) is 0. The van der Waals surface area contributed by atoms with Gasteiger partial charge in [0, 0.05) is 11.6 Å². The molecule has 0 spiro atoms. The molecule has 3 rings (SSSR count). The Balaban J connectivity index is 2.30. The number of rotatable bonds is 1. The number of hydrogen-bond donors (Lipinski definition) is 1. The van der Waals surface area contributed by atoms with Crippen LogP contribution in [0.25, 0.3) is 22.3 Å². The van der Waals surface area contributed by atoms with E-state index in [1.807, 2.05) is 30.3 Å². The minimum absolute atomic E-state index is 0.107. The predicted octanol–water partition coefficient (Wildman–Crippen LogP) is 2.81. The van der Waals surface area contributed by atoms with Crippen LogP contribution in [0.5, 0.6) is 5.75 Å². The molecule has 0 bridgehead atoms. The van der Waals surface area contributed by atoms with Crippen LogP contribution in [0.2, 0.25) is 0 Å². The molecular formula is C15H11O3+. The summed E-state index contributed by atoms with van der Waals surface area (Å²) in [5.41, 5.74) is 1.46. The monoisotopic (exact) mass is 239 g/mol. The van der Waals surface area contributed by atoms with E-state index in [0.29, 0.717) is 16.7 Å². The second kappa shape index (κ2) is 4.04. The Morgan fingerprint density at radius 3 is 2.50 bits per heavy atom. The van der Waals surface area contributed by atoms with Crippen molar-refractivity contribution in [3.63, 3.8) is 0 Å². The van der Waals surface area contributed by atoms with Crippen LogP contribution in [0.15, 0.2) is 59.0 Å². The fourth-order valence-corrected chi connectivity index (χ4v) is 1.90. The van der Waals surface area contributed by atoms with Crippen molar-refractivity contribution in [2.24, 2.45) is 0 Å². The molecule has 18 heavy (non-hydrogen) atoms. The molecule has 0 saturated carbocycles. The first-order chi connectivity index (χ1) is 8.74. The van der Waals surface area contributed by atoms with Gasteiger partial charge in [-0.05, 0) is 12.1 Å². The van der Waals surface area contributed by atoms with E-state index in [1.165, 1.54) is 12.1 Å². The lowest BCUT2D eigenvalue weighted by Crippen LogP contribution is -2.02. The lowest BCUT2D eigenvalue weighted by atomic mass is 10.1. The third kappa shape index (κ3) is 1.76. The maximum atomic E-state index is 9.96. The zero-order chi connectivity index (χ0) is 12.5. The SMILES string of the molecule is Oc1ccc2c(=[OH+])cc(-c3ccccc3)oc2c1. The normalized spacial score (nSPS) is 10.7. The minimum atomic E-state index is 0.107. The standard InChI is InChI=1S/C15H10O3/c16-11-6-7-12-13(17)9-14(18-15(12)8-11)10-4-2-1-3-5-10/h1-9,16H/p+1. The van der Waals surface area contributed by atoms with Gasteiger partial charge in [0.25, 0.3) is 0 Å². The molecule has 1 heterocycles. The molecule has 0 atom stereocenters. The van der Waals surface area contributed by atoms with E-state index >= 15 is 0 Å². The van der Waals surface area contributed by atoms with Crippen LogP contribution in [0.4, 0.5) is 0 Å². The van der Waals surface area contributed by atoms with Crippen molar-refractivity contribution < 1.29 is 14.3 Å². The summed E-state index contributed by atoms with van der Waals surface area (Å²) in [5, 5.41) is 10.0. The molecule has 3 heteroatoms. The van der Waals surface area contributed by atoms with Gasteiger partial charge in [-0.15, -0.1) is 0 Å². The second-order valence-corrected chi connectivity index (χ2v) is 4.04. The zero-order valence-electron chi connectivity index (χ0n) is 9.50. The van der Waals surface area contributed by atoms with Crippen molar-refractivity contribution >= 4 is 11.0 Å². The summed E-state index contributed by atoms with van der Waals surface area (Å²) in [6.07, 6.45) is 0. The minimum Gasteiger partial charge on any atom is -0.508 e. The van der Waals surface area contributed by atoms with Crippen LogP contribution >= 0.6 is 0 Å². The third-order valence-electron chi connectivity index (χ3n) is 2.79. The molecule has 0 saturated heterocycles. The first-order valence-electron chi connectivity index (χ1n) is 5.58.